The van der Waals surface area contributed by atoms with Gasteiger partial charge >= 0.3 is 0 Å². The van der Waals surface area contributed by atoms with Gasteiger partial charge in [0, 0.05) is 17.1 Å². The number of hydrogen-bond acceptors (Lipinski definition) is 3. The fourth-order valence-electron chi connectivity index (χ4n) is 3.39. The van der Waals surface area contributed by atoms with Crippen LogP contribution >= 0.6 is 11.3 Å². The van der Waals surface area contributed by atoms with Crippen molar-refractivity contribution < 1.29 is 0 Å². The van der Waals surface area contributed by atoms with Crippen molar-refractivity contribution in [3.05, 3.63) is 16.6 Å². The van der Waals surface area contributed by atoms with Crippen molar-refractivity contribution in [2.24, 2.45) is 17.1 Å². The summed E-state index contributed by atoms with van der Waals surface area (Å²) >= 11 is 1.74. The second-order valence-corrected chi connectivity index (χ2v) is 6.92. The third kappa shape index (κ3) is 3.08. The lowest BCUT2D eigenvalue weighted by molar-refractivity contribution is 0.182. The molecule has 1 saturated carbocycles. The Labute approximate surface area is 109 Å². The number of nitrogens with zero attached hydrogens (tertiary/aromatic N) is 1. The van der Waals surface area contributed by atoms with Gasteiger partial charge in [-0.3, -0.25) is 4.98 Å². The molecule has 0 aliphatic heterocycles. The zero-order chi connectivity index (χ0) is 12.3. The van der Waals surface area contributed by atoms with Crippen LogP contribution in [-0.2, 0) is 6.42 Å². The topological polar surface area (TPSA) is 38.9 Å². The maximum Gasteiger partial charge on any atom is 0.0794 e. The molecule has 17 heavy (non-hydrogen) atoms. The monoisotopic (exact) mass is 252 g/mol. The summed E-state index contributed by atoms with van der Waals surface area (Å²) in [4.78, 5) is 5.49. The molecular weight excluding hydrogens is 228 g/mol. The third-order valence-corrected chi connectivity index (χ3v) is 4.91. The quantitative estimate of drug-likeness (QED) is 0.869. The van der Waals surface area contributed by atoms with Gasteiger partial charge in [0.25, 0.3) is 0 Å². The second kappa shape index (κ2) is 5.49. The summed E-state index contributed by atoms with van der Waals surface area (Å²) in [6.07, 6.45) is 9.65. The molecule has 1 aromatic rings. The van der Waals surface area contributed by atoms with Crippen LogP contribution in [0.2, 0.25) is 0 Å². The lowest BCUT2D eigenvalue weighted by atomic mass is 9.72. The number of thiazole rings is 1. The Balaban J connectivity index is 2.05. The summed E-state index contributed by atoms with van der Waals surface area (Å²) in [5.41, 5.74) is 8.84. The zero-order valence-electron chi connectivity index (χ0n) is 11.0. The van der Waals surface area contributed by atoms with Crippen LogP contribution in [-0.4, -0.2) is 11.0 Å². The van der Waals surface area contributed by atoms with E-state index in [4.69, 9.17) is 5.73 Å². The van der Waals surface area contributed by atoms with Gasteiger partial charge in [-0.1, -0.05) is 26.7 Å². The summed E-state index contributed by atoms with van der Waals surface area (Å²) in [5, 5.41) is 0. The van der Waals surface area contributed by atoms with Crippen molar-refractivity contribution in [2.45, 2.75) is 58.4 Å². The van der Waals surface area contributed by atoms with Crippen molar-refractivity contribution in [1.29, 1.82) is 0 Å². The fraction of sp³-hybridized carbons (Fsp3) is 0.786. The van der Waals surface area contributed by atoms with Crippen LogP contribution in [0.25, 0.3) is 0 Å². The average molecular weight is 252 g/mol. The Morgan fingerprint density at radius 1 is 1.41 bits per heavy atom. The first-order chi connectivity index (χ1) is 8.12. The smallest absolute Gasteiger partial charge is 0.0794 e. The summed E-state index contributed by atoms with van der Waals surface area (Å²) < 4.78 is 0. The largest absolute Gasteiger partial charge is 0.327 e. The Bertz CT molecular complexity index is 326. The molecule has 0 saturated heterocycles. The van der Waals surface area contributed by atoms with Crippen LogP contribution < -0.4 is 5.73 Å². The molecule has 0 aromatic carbocycles. The van der Waals surface area contributed by atoms with Crippen LogP contribution in [0.5, 0.6) is 0 Å². The lowest BCUT2D eigenvalue weighted by Crippen LogP contribution is -2.42. The van der Waals surface area contributed by atoms with E-state index in [9.17, 15) is 0 Å². The van der Waals surface area contributed by atoms with Crippen LogP contribution in [0.15, 0.2) is 11.7 Å². The maximum absolute atomic E-state index is 6.53. The second-order valence-electron chi connectivity index (χ2n) is 5.95. The van der Waals surface area contributed by atoms with Crippen LogP contribution in [0.3, 0.4) is 0 Å². The van der Waals surface area contributed by atoms with E-state index in [0.717, 1.165) is 12.3 Å². The van der Waals surface area contributed by atoms with E-state index in [1.807, 2.05) is 11.7 Å². The van der Waals surface area contributed by atoms with Crippen LogP contribution in [0.4, 0.5) is 0 Å². The molecule has 1 fully saturated rings. The molecule has 2 rings (SSSR count). The standard InChI is InChI=1S/C14H24N2S/c1-11(2)8-14(5-3-4-6-14)13(15)7-12-9-16-10-17-12/h9-11,13H,3-8,15H2,1-2H3. The van der Waals surface area contributed by atoms with Crippen molar-refractivity contribution >= 4 is 11.3 Å². The zero-order valence-corrected chi connectivity index (χ0v) is 11.8. The number of rotatable bonds is 5. The highest BCUT2D eigenvalue weighted by Crippen LogP contribution is 2.46. The number of hydrogen-bond donors (Lipinski definition) is 1. The Kier molecular flexibility index (Phi) is 4.21. The van der Waals surface area contributed by atoms with Gasteiger partial charge in [0.1, 0.15) is 0 Å². The molecule has 1 heterocycles. The van der Waals surface area contributed by atoms with Crippen molar-refractivity contribution in [1.82, 2.24) is 4.98 Å². The van der Waals surface area contributed by atoms with E-state index in [-0.39, 0.29) is 0 Å². The summed E-state index contributed by atoms with van der Waals surface area (Å²) in [6, 6.07) is 0.313. The lowest BCUT2D eigenvalue weighted by Gasteiger charge is -2.37. The minimum atomic E-state index is 0.313. The van der Waals surface area contributed by atoms with E-state index in [0.29, 0.717) is 11.5 Å². The van der Waals surface area contributed by atoms with Crippen molar-refractivity contribution in [3.63, 3.8) is 0 Å². The molecule has 0 radical (unpaired) electrons. The van der Waals surface area contributed by atoms with Gasteiger partial charge < -0.3 is 5.73 Å². The number of aromatic nitrogens is 1. The van der Waals surface area contributed by atoms with E-state index in [1.54, 1.807) is 11.3 Å². The highest BCUT2D eigenvalue weighted by Gasteiger charge is 2.39. The molecule has 0 spiro atoms. The van der Waals surface area contributed by atoms with Crippen molar-refractivity contribution in [3.8, 4) is 0 Å². The first-order valence-corrected chi connectivity index (χ1v) is 7.63. The minimum absolute atomic E-state index is 0.313. The van der Waals surface area contributed by atoms with Crippen LogP contribution in [0, 0.1) is 11.3 Å². The highest BCUT2D eigenvalue weighted by molar-refractivity contribution is 7.09. The van der Waals surface area contributed by atoms with Gasteiger partial charge in [-0.25, -0.2) is 0 Å². The van der Waals surface area contributed by atoms with Gasteiger partial charge in [0.05, 0.1) is 5.51 Å². The Hall–Kier alpha value is -0.410. The van der Waals surface area contributed by atoms with Gasteiger partial charge in [-0.05, 0) is 37.0 Å². The maximum atomic E-state index is 6.53. The molecule has 1 unspecified atom stereocenters. The molecule has 2 nitrogen and oxygen atoms in total. The third-order valence-electron chi connectivity index (χ3n) is 4.11. The van der Waals surface area contributed by atoms with E-state index >= 15 is 0 Å². The first-order valence-electron chi connectivity index (χ1n) is 6.75. The number of nitrogens with two attached hydrogens (primary N) is 1. The predicted octanol–water partition coefficient (Wildman–Crippen LogP) is 3.62. The highest BCUT2D eigenvalue weighted by atomic mass is 32.1. The van der Waals surface area contributed by atoms with E-state index < -0.39 is 0 Å². The van der Waals surface area contributed by atoms with Crippen molar-refractivity contribution in [2.75, 3.05) is 0 Å². The van der Waals surface area contributed by atoms with E-state index in [1.165, 1.54) is 37.0 Å². The van der Waals surface area contributed by atoms with E-state index in [2.05, 4.69) is 18.8 Å². The molecule has 96 valence electrons. The molecule has 1 aromatic heterocycles. The molecule has 1 atom stereocenters. The molecule has 2 N–H and O–H groups in total. The molecule has 3 heteroatoms. The SMILES string of the molecule is CC(C)CC1(C(N)Cc2cncs2)CCCC1. The normalized spacial score (nSPS) is 20.9. The van der Waals surface area contributed by atoms with Gasteiger partial charge in [0.15, 0.2) is 0 Å². The fourth-order valence-corrected chi connectivity index (χ4v) is 4.05. The molecule has 1 aliphatic rings. The molecule has 1 aliphatic carbocycles. The van der Waals surface area contributed by atoms with Gasteiger partial charge in [0.2, 0.25) is 0 Å². The first kappa shape index (κ1) is 13.0. The molecular formula is C14H24N2S. The summed E-state index contributed by atoms with van der Waals surface area (Å²) in [7, 11) is 0. The molecule has 0 amide bonds. The summed E-state index contributed by atoms with van der Waals surface area (Å²) in [5.74, 6) is 0.751. The summed E-state index contributed by atoms with van der Waals surface area (Å²) in [6.45, 7) is 4.64. The molecule has 0 bridgehead atoms. The van der Waals surface area contributed by atoms with Gasteiger partial charge in [-0.15, -0.1) is 11.3 Å². The Morgan fingerprint density at radius 2 is 2.12 bits per heavy atom. The Morgan fingerprint density at radius 3 is 2.65 bits per heavy atom. The predicted molar refractivity (Wildman–Crippen MR) is 74.1 cm³/mol. The minimum Gasteiger partial charge on any atom is -0.327 e. The van der Waals surface area contributed by atoms with Gasteiger partial charge in [-0.2, -0.15) is 0 Å². The van der Waals surface area contributed by atoms with Crippen LogP contribution in [0.1, 0.15) is 50.8 Å². The average Bonchev–Trinajstić information content (AvgIpc) is 2.88.